The Balaban J connectivity index is 3.55. The quantitative estimate of drug-likeness (QED) is 0.303. The lowest BCUT2D eigenvalue weighted by molar-refractivity contribution is 0.347. The van der Waals surface area contributed by atoms with E-state index in [1.807, 2.05) is 0 Å². The lowest BCUT2D eigenvalue weighted by Crippen LogP contribution is -2.08. The van der Waals surface area contributed by atoms with Crippen LogP contribution in [-0.2, 0) is 0 Å². The number of hydrogen-bond acceptors (Lipinski definition) is 0. The summed E-state index contributed by atoms with van der Waals surface area (Å²) in [5.41, 5.74) is 1.55. The van der Waals surface area contributed by atoms with E-state index in [-0.39, 0.29) is 0 Å². The van der Waals surface area contributed by atoms with Crippen molar-refractivity contribution >= 4 is 0 Å². The summed E-state index contributed by atoms with van der Waals surface area (Å²) in [5, 5.41) is 0. The molecule has 0 aliphatic rings. The lowest BCUT2D eigenvalue weighted by Gasteiger charge is -2.20. The highest BCUT2D eigenvalue weighted by Gasteiger charge is 2.11. The zero-order valence-corrected chi connectivity index (χ0v) is 13.8. The first kappa shape index (κ1) is 17.7. The van der Waals surface area contributed by atoms with Crippen LogP contribution in [0.3, 0.4) is 0 Å². The van der Waals surface area contributed by atoms with Crippen LogP contribution < -0.4 is 0 Å². The molecule has 0 fully saturated rings. The van der Waals surface area contributed by atoms with E-state index in [2.05, 4.69) is 47.6 Å². The Morgan fingerprint density at radius 2 is 1.39 bits per heavy atom. The molecule has 0 heterocycles. The third kappa shape index (κ3) is 9.74. The molecule has 0 bridgehead atoms. The second-order valence-electron chi connectivity index (χ2n) is 6.68. The fourth-order valence-corrected chi connectivity index (χ4v) is 2.48. The summed E-state index contributed by atoms with van der Waals surface area (Å²) >= 11 is 0. The van der Waals surface area contributed by atoms with Crippen LogP contribution in [0.1, 0.15) is 86.5 Å². The zero-order chi connectivity index (χ0) is 14.0. The molecule has 0 spiro atoms. The summed E-state index contributed by atoms with van der Waals surface area (Å²) in [5.74, 6) is 2.61. The molecule has 108 valence electrons. The first-order valence-corrected chi connectivity index (χ1v) is 8.09. The Morgan fingerprint density at radius 1 is 0.833 bits per heavy atom. The fourth-order valence-electron chi connectivity index (χ4n) is 2.48. The Kier molecular flexibility index (Phi) is 10.5. The van der Waals surface area contributed by atoms with Gasteiger partial charge < -0.3 is 0 Å². The molecular formula is C18H36. The molecule has 0 heteroatoms. The lowest BCUT2D eigenvalue weighted by atomic mass is 9.86. The van der Waals surface area contributed by atoms with Crippen molar-refractivity contribution in [2.24, 2.45) is 17.8 Å². The molecule has 18 heavy (non-hydrogen) atoms. The summed E-state index contributed by atoms with van der Waals surface area (Å²) in [4.78, 5) is 0. The number of unbranched alkanes of at least 4 members (excludes halogenated alkanes) is 3. The van der Waals surface area contributed by atoms with Crippen molar-refractivity contribution in [1.29, 1.82) is 0 Å². The van der Waals surface area contributed by atoms with Gasteiger partial charge in [-0.25, -0.2) is 0 Å². The van der Waals surface area contributed by atoms with Crippen molar-refractivity contribution in [2.45, 2.75) is 86.5 Å². The van der Waals surface area contributed by atoms with Gasteiger partial charge in [-0.05, 0) is 38.0 Å². The molecule has 0 saturated heterocycles. The van der Waals surface area contributed by atoms with Crippen LogP contribution in [0.25, 0.3) is 0 Å². The van der Waals surface area contributed by atoms with Crippen LogP contribution in [0, 0.1) is 17.8 Å². The molecule has 0 nitrogen and oxygen atoms in total. The molecule has 0 N–H and O–H groups in total. The van der Waals surface area contributed by atoms with E-state index < -0.39 is 0 Å². The topological polar surface area (TPSA) is 0 Å². The summed E-state index contributed by atoms with van der Waals surface area (Å²) < 4.78 is 0. The van der Waals surface area contributed by atoms with Crippen LogP contribution >= 0.6 is 0 Å². The first-order chi connectivity index (χ1) is 8.47. The van der Waals surface area contributed by atoms with Crippen LogP contribution in [0.4, 0.5) is 0 Å². The zero-order valence-electron chi connectivity index (χ0n) is 13.8. The monoisotopic (exact) mass is 252 g/mol. The highest BCUT2D eigenvalue weighted by atomic mass is 14.2. The van der Waals surface area contributed by atoms with E-state index in [0.717, 1.165) is 17.8 Å². The van der Waals surface area contributed by atoms with Gasteiger partial charge in [0.1, 0.15) is 0 Å². The summed E-state index contributed by atoms with van der Waals surface area (Å²) in [7, 11) is 0. The van der Waals surface area contributed by atoms with Crippen LogP contribution in [-0.4, -0.2) is 0 Å². The normalized spacial score (nSPS) is 16.1. The predicted molar refractivity (Wildman–Crippen MR) is 84.9 cm³/mol. The average Bonchev–Trinajstić information content (AvgIpc) is 2.32. The van der Waals surface area contributed by atoms with Gasteiger partial charge in [-0.3, -0.25) is 0 Å². The predicted octanol–water partition coefficient (Wildman–Crippen LogP) is 6.61. The number of allylic oxidation sites excluding steroid dienone is 2. The van der Waals surface area contributed by atoms with Crippen molar-refractivity contribution in [3.8, 4) is 0 Å². The Bertz CT molecular complexity index is 212. The van der Waals surface area contributed by atoms with Gasteiger partial charge in [0.05, 0.1) is 0 Å². The van der Waals surface area contributed by atoms with Gasteiger partial charge in [0, 0.05) is 0 Å². The minimum atomic E-state index is 0.844. The van der Waals surface area contributed by atoms with Gasteiger partial charge in [-0.2, -0.15) is 0 Å². The third-order valence-electron chi connectivity index (χ3n) is 4.30. The maximum atomic E-state index is 2.43. The van der Waals surface area contributed by atoms with Crippen molar-refractivity contribution in [3.63, 3.8) is 0 Å². The van der Waals surface area contributed by atoms with Gasteiger partial charge in [-0.15, -0.1) is 0 Å². The molecule has 0 amide bonds. The van der Waals surface area contributed by atoms with E-state index in [9.17, 15) is 0 Å². The minimum Gasteiger partial charge on any atom is -0.0887 e. The summed E-state index contributed by atoms with van der Waals surface area (Å²) in [6.07, 6.45) is 12.1. The van der Waals surface area contributed by atoms with Crippen molar-refractivity contribution in [2.75, 3.05) is 0 Å². The van der Waals surface area contributed by atoms with Crippen LogP contribution in [0.5, 0.6) is 0 Å². The van der Waals surface area contributed by atoms with Gasteiger partial charge in [0.2, 0.25) is 0 Å². The van der Waals surface area contributed by atoms with Crippen molar-refractivity contribution < 1.29 is 0 Å². The van der Waals surface area contributed by atoms with Crippen molar-refractivity contribution in [3.05, 3.63) is 11.6 Å². The molecule has 0 aromatic rings. The smallest absolute Gasteiger partial charge is 0.0295 e. The molecule has 0 saturated carbocycles. The van der Waals surface area contributed by atoms with Crippen LogP contribution in [0.15, 0.2) is 11.6 Å². The first-order valence-electron chi connectivity index (χ1n) is 8.09. The van der Waals surface area contributed by atoms with Gasteiger partial charge in [0.15, 0.2) is 0 Å². The molecule has 0 aliphatic carbocycles. The van der Waals surface area contributed by atoms with E-state index in [1.165, 1.54) is 44.9 Å². The Hall–Kier alpha value is -0.260. The largest absolute Gasteiger partial charge is 0.0887 e. The molecule has 0 aromatic heterocycles. The fraction of sp³-hybridized carbons (Fsp3) is 0.889. The highest BCUT2D eigenvalue weighted by Crippen LogP contribution is 2.24. The maximum absolute atomic E-state index is 2.43. The number of hydrogen-bond donors (Lipinski definition) is 0. The molecule has 2 unspecified atom stereocenters. The van der Waals surface area contributed by atoms with Crippen molar-refractivity contribution in [1.82, 2.24) is 0 Å². The SMILES string of the molecule is C/C=C(\C)CC(C)C(C)CCCCCCC(C)C. The summed E-state index contributed by atoms with van der Waals surface area (Å²) in [6.45, 7) is 13.9. The minimum absolute atomic E-state index is 0.844. The average molecular weight is 252 g/mol. The maximum Gasteiger partial charge on any atom is -0.0295 e. The number of rotatable bonds is 10. The van der Waals surface area contributed by atoms with E-state index in [4.69, 9.17) is 0 Å². The molecule has 0 aromatic carbocycles. The Labute approximate surface area is 116 Å². The molecule has 0 rings (SSSR count). The van der Waals surface area contributed by atoms with E-state index in [0.29, 0.717) is 0 Å². The molecule has 2 atom stereocenters. The van der Waals surface area contributed by atoms with Gasteiger partial charge >= 0.3 is 0 Å². The van der Waals surface area contributed by atoms with E-state index in [1.54, 1.807) is 5.57 Å². The van der Waals surface area contributed by atoms with Crippen LogP contribution in [0.2, 0.25) is 0 Å². The highest BCUT2D eigenvalue weighted by molar-refractivity contribution is 4.96. The molecule has 0 radical (unpaired) electrons. The molecule has 0 aliphatic heterocycles. The second kappa shape index (κ2) is 10.6. The second-order valence-corrected chi connectivity index (χ2v) is 6.68. The van der Waals surface area contributed by atoms with Gasteiger partial charge in [0.25, 0.3) is 0 Å². The Morgan fingerprint density at radius 3 is 1.89 bits per heavy atom. The standard InChI is InChI=1S/C18H36/c1-7-16(4)14-18(6)17(5)13-11-9-8-10-12-15(2)3/h7,15,17-18H,8-14H2,1-6H3/b16-7+. The van der Waals surface area contributed by atoms with Gasteiger partial charge in [-0.1, -0.05) is 77.9 Å². The molecular weight excluding hydrogens is 216 g/mol. The third-order valence-corrected chi connectivity index (χ3v) is 4.30. The van der Waals surface area contributed by atoms with E-state index >= 15 is 0 Å². The summed E-state index contributed by atoms with van der Waals surface area (Å²) in [6, 6.07) is 0.